The normalized spacial score (nSPS) is 46.8. The molecule has 0 aliphatic heterocycles. The van der Waals surface area contributed by atoms with Crippen LogP contribution < -0.4 is 0 Å². The summed E-state index contributed by atoms with van der Waals surface area (Å²) in [5, 5.41) is 0.933. The Kier molecular flexibility index (Phi) is 3.31. The molecule has 22 heavy (non-hydrogen) atoms. The van der Waals surface area contributed by atoms with Gasteiger partial charge in [-0.25, -0.2) is 0 Å². The van der Waals surface area contributed by atoms with E-state index in [2.05, 4.69) is 35.0 Å². The van der Waals surface area contributed by atoms with Gasteiger partial charge in [0.15, 0.2) is 5.78 Å². The molecule has 4 aliphatic rings. The molecule has 2 saturated carbocycles. The third-order valence-corrected chi connectivity index (χ3v) is 8.20. The third-order valence-electron chi connectivity index (χ3n) is 7.20. The summed E-state index contributed by atoms with van der Waals surface area (Å²) in [5.74, 6) is 2.35. The summed E-state index contributed by atoms with van der Waals surface area (Å²) in [7, 11) is 0. The van der Waals surface area contributed by atoms with Gasteiger partial charge in [0.25, 0.3) is 0 Å². The molecular formula is C19H23BrO2. The minimum absolute atomic E-state index is 0.0925. The Morgan fingerprint density at radius 2 is 2.00 bits per heavy atom. The van der Waals surface area contributed by atoms with E-state index in [1.807, 2.05) is 6.08 Å². The number of halogens is 1. The fourth-order valence-corrected chi connectivity index (χ4v) is 6.85. The first-order chi connectivity index (χ1) is 10.5. The van der Waals surface area contributed by atoms with Crippen LogP contribution in [0.2, 0.25) is 0 Å². The maximum absolute atomic E-state index is 12.4. The summed E-state index contributed by atoms with van der Waals surface area (Å²) >= 11 is 3.77. The molecule has 0 spiro atoms. The number of rotatable bonds is 1. The first kappa shape index (κ1) is 14.9. The van der Waals surface area contributed by atoms with Crippen molar-refractivity contribution in [1.29, 1.82) is 0 Å². The summed E-state index contributed by atoms with van der Waals surface area (Å²) < 4.78 is 0. The van der Waals surface area contributed by atoms with E-state index in [1.165, 1.54) is 5.57 Å². The van der Waals surface area contributed by atoms with Crippen LogP contribution in [0, 0.1) is 28.6 Å². The molecule has 0 aromatic carbocycles. The Morgan fingerprint density at radius 3 is 2.77 bits per heavy atom. The van der Waals surface area contributed by atoms with Crippen molar-refractivity contribution in [1.82, 2.24) is 0 Å². The predicted octanol–water partition coefficient (Wildman–Crippen LogP) is 4.24. The van der Waals surface area contributed by atoms with Crippen molar-refractivity contribution >= 4 is 27.5 Å². The van der Waals surface area contributed by atoms with Crippen molar-refractivity contribution in [2.24, 2.45) is 28.6 Å². The average molecular weight is 363 g/mol. The number of hydrogen-bond acceptors (Lipinski definition) is 2. The van der Waals surface area contributed by atoms with E-state index in [0.717, 1.165) is 37.4 Å². The largest absolute Gasteiger partial charge is 0.299 e. The van der Waals surface area contributed by atoms with Gasteiger partial charge in [-0.2, -0.15) is 0 Å². The van der Waals surface area contributed by atoms with Gasteiger partial charge in [0.05, 0.1) is 0 Å². The Hall–Kier alpha value is -0.700. The number of carbonyl (C=O) groups is 2. The molecule has 5 atom stereocenters. The van der Waals surface area contributed by atoms with Crippen molar-refractivity contribution < 1.29 is 9.59 Å². The molecule has 0 aromatic heterocycles. The van der Waals surface area contributed by atoms with Gasteiger partial charge >= 0.3 is 0 Å². The number of hydrogen-bond donors (Lipinski definition) is 0. The Labute approximate surface area is 140 Å². The number of fused-ring (bicyclic) bond motifs is 5. The molecule has 4 rings (SSSR count). The van der Waals surface area contributed by atoms with Gasteiger partial charge in [-0.15, -0.1) is 0 Å². The molecule has 0 aromatic rings. The summed E-state index contributed by atoms with van der Waals surface area (Å²) in [6, 6.07) is 0. The average Bonchev–Trinajstić information content (AvgIpc) is 2.82. The highest BCUT2D eigenvalue weighted by atomic mass is 79.9. The summed E-state index contributed by atoms with van der Waals surface area (Å²) in [4.78, 5) is 24.2. The molecule has 118 valence electrons. The van der Waals surface area contributed by atoms with Crippen LogP contribution in [0.15, 0.2) is 23.8 Å². The second kappa shape index (κ2) is 4.90. The van der Waals surface area contributed by atoms with Crippen LogP contribution in [0.1, 0.15) is 45.4 Å². The Morgan fingerprint density at radius 1 is 1.18 bits per heavy atom. The van der Waals surface area contributed by atoms with Gasteiger partial charge in [0.2, 0.25) is 0 Å². The minimum atomic E-state index is -0.0925. The fraction of sp³-hybridized carbons (Fsp3) is 0.684. The van der Waals surface area contributed by atoms with Crippen molar-refractivity contribution in [3.63, 3.8) is 0 Å². The number of alkyl halides is 1. The number of Topliss-reactive ketones (excluding diaryl/α,β-unsaturated/α-hetero) is 1. The highest BCUT2D eigenvalue weighted by molar-refractivity contribution is 9.09. The smallest absolute Gasteiger partial charge is 0.156 e. The van der Waals surface area contributed by atoms with Gasteiger partial charge in [-0.3, -0.25) is 9.59 Å². The molecule has 2 nitrogen and oxygen atoms in total. The molecule has 4 aliphatic carbocycles. The first-order valence-electron chi connectivity index (χ1n) is 8.54. The zero-order valence-electron chi connectivity index (χ0n) is 13.1. The van der Waals surface area contributed by atoms with E-state index >= 15 is 0 Å². The second-order valence-corrected chi connectivity index (χ2v) is 8.48. The van der Waals surface area contributed by atoms with E-state index in [9.17, 15) is 9.59 Å². The first-order valence-corrected chi connectivity index (χ1v) is 9.66. The van der Waals surface area contributed by atoms with Gasteiger partial charge in [0.1, 0.15) is 5.78 Å². The molecular weight excluding hydrogens is 340 g/mol. The van der Waals surface area contributed by atoms with Gasteiger partial charge in [0, 0.05) is 29.0 Å². The van der Waals surface area contributed by atoms with E-state index in [-0.39, 0.29) is 16.6 Å². The van der Waals surface area contributed by atoms with E-state index in [1.54, 1.807) is 0 Å². The number of allylic oxidation sites excluding steroid dienone is 4. The van der Waals surface area contributed by atoms with E-state index in [0.29, 0.717) is 30.0 Å². The zero-order valence-corrected chi connectivity index (χ0v) is 14.7. The SMILES string of the molecule is C[C@]12CC[C@H]3[C@@H](C=CC4=CC(=O)CC[C@@]43CBr)[C@@H]1CCC2=O. The highest BCUT2D eigenvalue weighted by Crippen LogP contribution is 2.63. The van der Waals surface area contributed by atoms with E-state index in [4.69, 9.17) is 0 Å². The van der Waals surface area contributed by atoms with Crippen LogP contribution in [0.3, 0.4) is 0 Å². The van der Waals surface area contributed by atoms with Crippen molar-refractivity contribution in [3.05, 3.63) is 23.8 Å². The summed E-state index contributed by atoms with van der Waals surface area (Å²) in [6.45, 7) is 2.20. The maximum atomic E-state index is 12.4. The quantitative estimate of drug-likeness (QED) is 0.653. The van der Waals surface area contributed by atoms with Gasteiger partial charge in [-0.05, 0) is 55.1 Å². The van der Waals surface area contributed by atoms with Crippen molar-refractivity contribution in [2.45, 2.75) is 45.4 Å². The Bertz CT molecular complexity index is 605. The van der Waals surface area contributed by atoms with Crippen LogP contribution in [-0.4, -0.2) is 16.9 Å². The molecule has 0 bridgehead atoms. The van der Waals surface area contributed by atoms with Gasteiger partial charge < -0.3 is 0 Å². The lowest BCUT2D eigenvalue weighted by Gasteiger charge is -2.55. The van der Waals surface area contributed by atoms with Crippen LogP contribution in [0.5, 0.6) is 0 Å². The zero-order chi connectivity index (χ0) is 15.5. The monoisotopic (exact) mass is 362 g/mol. The number of ketones is 2. The summed E-state index contributed by atoms with van der Waals surface area (Å²) in [5.41, 5.74) is 1.25. The maximum Gasteiger partial charge on any atom is 0.156 e. The van der Waals surface area contributed by atoms with E-state index < -0.39 is 0 Å². The minimum Gasteiger partial charge on any atom is -0.299 e. The highest BCUT2D eigenvalue weighted by Gasteiger charge is 2.58. The molecule has 3 heteroatoms. The number of carbonyl (C=O) groups excluding carboxylic acids is 2. The molecule has 0 heterocycles. The second-order valence-electron chi connectivity index (χ2n) is 7.92. The van der Waals surface area contributed by atoms with Crippen LogP contribution in [-0.2, 0) is 9.59 Å². The molecule has 0 N–H and O–H groups in total. The third kappa shape index (κ3) is 1.78. The topological polar surface area (TPSA) is 34.1 Å². The predicted molar refractivity (Wildman–Crippen MR) is 89.7 cm³/mol. The molecule has 0 radical (unpaired) electrons. The fourth-order valence-electron chi connectivity index (χ4n) is 5.83. The summed E-state index contributed by atoms with van der Waals surface area (Å²) in [6.07, 6.45) is 12.0. The lowest BCUT2D eigenvalue weighted by Crippen LogP contribution is -2.50. The van der Waals surface area contributed by atoms with Crippen molar-refractivity contribution in [3.8, 4) is 0 Å². The molecule has 0 amide bonds. The molecule has 0 saturated heterocycles. The van der Waals surface area contributed by atoms with Crippen LogP contribution in [0.25, 0.3) is 0 Å². The molecule has 2 fully saturated rings. The van der Waals surface area contributed by atoms with Crippen LogP contribution in [0.4, 0.5) is 0 Å². The van der Waals surface area contributed by atoms with Gasteiger partial charge in [-0.1, -0.05) is 35.0 Å². The Balaban J connectivity index is 1.78. The standard InChI is InChI=1S/C19H23BrO2/c1-18-8-7-16-14(15(18)4-5-17(18)22)3-2-12-10-13(21)6-9-19(12,16)11-20/h2-3,10,14-16H,4-9,11H2,1H3/t14-,15-,16-,18-,19+/m0/s1. The molecule has 0 unspecified atom stereocenters. The lowest BCUT2D eigenvalue weighted by atomic mass is 9.49. The van der Waals surface area contributed by atoms with Crippen LogP contribution >= 0.6 is 15.9 Å². The van der Waals surface area contributed by atoms with Crippen molar-refractivity contribution in [2.75, 3.05) is 5.33 Å². The lowest BCUT2D eigenvalue weighted by molar-refractivity contribution is -0.130.